The first-order chi connectivity index (χ1) is 14.7. The van der Waals surface area contributed by atoms with Crippen molar-refractivity contribution < 1.29 is 4.74 Å². The van der Waals surface area contributed by atoms with Gasteiger partial charge in [0.15, 0.2) is 5.96 Å². The lowest BCUT2D eigenvalue weighted by Gasteiger charge is -2.34. The van der Waals surface area contributed by atoms with E-state index in [0.29, 0.717) is 6.10 Å². The van der Waals surface area contributed by atoms with E-state index in [1.807, 2.05) is 0 Å². The van der Waals surface area contributed by atoms with E-state index < -0.39 is 0 Å². The Hall–Kier alpha value is -0.900. The fraction of sp³-hybridized carbons (Fsp3) is 0.708. The third-order valence-electron chi connectivity index (χ3n) is 6.30. The number of rotatable bonds is 8. The predicted octanol–water partition coefficient (Wildman–Crippen LogP) is 3.41. The largest absolute Gasteiger partial charge is 0.378 e. The third kappa shape index (κ3) is 8.18. The minimum absolute atomic E-state index is 0. The highest BCUT2D eigenvalue weighted by Gasteiger charge is 2.22. The molecule has 0 radical (unpaired) electrons. The molecule has 0 bridgehead atoms. The summed E-state index contributed by atoms with van der Waals surface area (Å²) in [5.74, 6) is 1.04. The number of guanidine groups is 1. The van der Waals surface area contributed by atoms with Crippen molar-refractivity contribution in [3.05, 3.63) is 35.4 Å². The van der Waals surface area contributed by atoms with Crippen molar-refractivity contribution in [2.45, 2.75) is 52.8 Å². The van der Waals surface area contributed by atoms with Gasteiger partial charge in [0, 0.05) is 59.0 Å². The maximum atomic E-state index is 5.81. The van der Waals surface area contributed by atoms with Gasteiger partial charge in [-0.2, -0.15) is 0 Å². The molecule has 1 N–H and O–H groups in total. The summed E-state index contributed by atoms with van der Waals surface area (Å²) >= 11 is 0. The van der Waals surface area contributed by atoms with Crippen LogP contribution in [0, 0.1) is 0 Å². The number of piperazine rings is 1. The zero-order valence-corrected chi connectivity index (χ0v) is 22.0. The van der Waals surface area contributed by atoms with Crippen molar-refractivity contribution in [1.82, 2.24) is 20.0 Å². The molecule has 1 aromatic carbocycles. The van der Waals surface area contributed by atoms with Crippen LogP contribution in [0.5, 0.6) is 0 Å². The molecule has 3 rings (SSSR count). The topological polar surface area (TPSA) is 43.3 Å². The first kappa shape index (κ1) is 26.4. The predicted molar refractivity (Wildman–Crippen MR) is 140 cm³/mol. The lowest BCUT2D eigenvalue weighted by Crippen LogP contribution is -2.47. The van der Waals surface area contributed by atoms with Crippen molar-refractivity contribution in [3.8, 4) is 0 Å². The number of benzene rings is 1. The number of likely N-dealkylation sites (tertiary alicyclic amines) is 1. The van der Waals surface area contributed by atoms with E-state index in [4.69, 9.17) is 9.73 Å². The Morgan fingerprint density at radius 3 is 2.23 bits per heavy atom. The average molecular weight is 544 g/mol. The molecule has 0 aromatic heterocycles. The van der Waals surface area contributed by atoms with Crippen LogP contribution in [0.15, 0.2) is 29.3 Å². The van der Waals surface area contributed by atoms with Crippen LogP contribution in [0.25, 0.3) is 0 Å². The van der Waals surface area contributed by atoms with E-state index in [9.17, 15) is 0 Å². The number of likely N-dealkylation sites (N-methyl/N-ethyl adjacent to an activating group) is 1. The summed E-state index contributed by atoms with van der Waals surface area (Å²) in [7, 11) is 0. The summed E-state index contributed by atoms with van der Waals surface area (Å²) in [5, 5.41) is 3.50. The normalized spacial score (nSPS) is 19.3. The Balaban J connectivity index is 0.00000341. The molecule has 2 saturated heterocycles. The molecular weight excluding hydrogens is 501 g/mol. The number of hydrogen-bond acceptors (Lipinski definition) is 4. The number of ether oxygens (including phenoxy) is 1. The summed E-state index contributed by atoms with van der Waals surface area (Å²) in [5.41, 5.74) is 2.76. The van der Waals surface area contributed by atoms with Gasteiger partial charge in [-0.15, -0.1) is 24.0 Å². The molecule has 2 heterocycles. The minimum Gasteiger partial charge on any atom is -0.378 e. The molecule has 0 aliphatic carbocycles. The molecule has 2 fully saturated rings. The second-order valence-electron chi connectivity index (χ2n) is 8.29. The van der Waals surface area contributed by atoms with E-state index >= 15 is 0 Å². The smallest absolute Gasteiger partial charge is 0.194 e. The molecule has 31 heavy (non-hydrogen) atoms. The Morgan fingerprint density at radius 1 is 0.968 bits per heavy atom. The van der Waals surface area contributed by atoms with Crippen molar-refractivity contribution in [1.29, 1.82) is 0 Å². The summed E-state index contributed by atoms with van der Waals surface area (Å²) in [6, 6.07) is 8.82. The average Bonchev–Trinajstić information content (AvgIpc) is 2.79. The Morgan fingerprint density at radius 2 is 1.61 bits per heavy atom. The fourth-order valence-electron chi connectivity index (χ4n) is 4.43. The molecular formula is C24H42IN5O. The van der Waals surface area contributed by atoms with Gasteiger partial charge < -0.3 is 19.9 Å². The number of aliphatic imine (C=N–C) groups is 1. The molecule has 0 saturated carbocycles. The summed E-state index contributed by atoms with van der Waals surface area (Å²) < 4.78 is 5.81. The Kier molecular flexibility index (Phi) is 12.1. The van der Waals surface area contributed by atoms with Gasteiger partial charge in [-0.25, -0.2) is 4.99 Å². The van der Waals surface area contributed by atoms with Crippen LogP contribution in [0.4, 0.5) is 0 Å². The van der Waals surface area contributed by atoms with Crippen LogP contribution in [-0.4, -0.2) is 85.7 Å². The highest BCUT2D eigenvalue weighted by atomic mass is 127. The van der Waals surface area contributed by atoms with Crippen LogP contribution in [0.1, 0.15) is 44.7 Å². The molecule has 2 aliphatic rings. The molecule has 0 unspecified atom stereocenters. The monoisotopic (exact) mass is 543 g/mol. The number of halogens is 1. The van der Waals surface area contributed by atoms with E-state index in [2.05, 4.69) is 65.1 Å². The zero-order valence-electron chi connectivity index (χ0n) is 19.7. The van der Waals surface area contributed by atoms with Crippen molar-refractivity contribution in [3.63, 3.8) is 0 Å². The van der Waals surface area contributed by atoms with Gasteiger partial charge >= 0.3 is 0 Å². The highest BCUT2D eigenvalue weighted by molar-refractivity contribution is 14.0. The van der Waals surface area contributed by atoms with Gasteiger partial charge in [0.05, 0.1) is 12.6 Å². The van der Waals surface area contributed by atoms with Gasteiger partial charge in [0.1, 0.15) is 0 Å². The first-order valence-electron chi connectivity index (χ1n) is 11.9. The summed E-state index contributed by atoms with van der Waals surface area (Å²) in [4.78, 5) is 12.5. The molecule has 1 aromatic rings. The number of nitrogens with one attached hydrogen (secondary N) is 1. The van der Waals surface area contributed by atoms with E-state index in [1.165, 1.54) is 24.2 Å². The van der Waals surface area contributed by atoms with Crippen LogP contribution < -0.4 is 5.32 Å². The zero-order chi connectivity index (χ0) is 21.2. The quantitative estimate of drug-likeness (QED) is 0.310. The van der Waals surface area contributed by atoms with Crippen LogP contribution in [0.2, 0.25) is 0 Å². The molecule has 0 amide bonds. The molecule has 0 atom stereocenters. The fourth-order valence-corrected chi connectivity index (χ4v) is 4.43. The molecule has 7 heteroatoms. The lowest BCUT2D eigenvalue weighted by molar-refractivity contribution is 0.0263. The second kappa shape index (κ2) is 14.3. The number of piperidine rings is 1. The van der Waals surface area contributed by atoms with Crippen molar-refractivity contribution in [2.75, 3.05) is 59.0 Å². The highest BCUT2D eigenvalue weighted by Crippen LogP contribution is 2.17. The Bertz CT molecular complexity index is 655. The SMILES string of the molecule is CCNC(=NCc1ccccc1CN1CCN(CC)CC1)N1CCC(OCC)CC1.I. The molecule has 176 valence electrons. The van der Waals surface area contributed by atoms with Gasteiger partial charge in [-0.1, -0.05) is 31.2 Å². The van der Waals surface area contributed by atoms with Gasteiger partial charge in [-0.3, -0.25) is 4.90 Å². The standard InChI is InChI=1S/C24H41N5O.HI/c1-4-25-24(29-13-11-23(12-14-29)30-6-3)26-19-21-9-7-8-10-22(21)20-28-17-15-27(5-2)16-18-28;/h7-10,23H,4-6,11-20H2,1-3H3,(H,25,26);1H. The van der Waals surface area contributed by atoms with Crippen LogP contribution in [0.3, 0.4) is 0 Å². The van der Waals surface area contributed by atoms with E-state index in [1.54, 1.807) is 0 Å². The minimum atomic E-state index is 0. The summed E-state index contributed by atoms with van der Waals surface area (Å²) in [6.45, 7) is 17.8. The van der Waals surface area contributed by atoms with E-state index in [0.717, 1.165) is 77.8 Å². The molecule has 0 spiro atoms. The van der Waals surface area contributed by atoms with Crippen molar-refractivity contribution >= 4 is 29.9 Å². The maximum absolute atomic E-state index is 5.81. The third-order valence-corrected chi connectivity index (χ3v) is 6.30. The van der Waals surface area contributed by atoms with Crippen molar-refractivity contribution in [2.24, 2.45) is 4.99 Å². The van der Waals surface area contributed by atoms with Gasteiger partial charge in [0.2, 0.25) is 0 Å². The van der Waals surface area contributed by atoms with Gasteiger partial charge in [-0.05, 0) is 44.4 Å². The number of hydrogen-bond donors (Lipinski definition) is 1. The maximum Gasteiger partial charge on any atom is 0.194 e. The molecule has 6 nitrogen and oxygen atoms in total. The molecule has 2 aliphatic heterocycles. The van der Waals surface area contributed by atoms with E-state index in [-0.39, 0.29) is 24.0 Å². The first-order valence-corrected chi connectivity index (χ1v) is 11.9. The van der Waals surface area contributed by atoms with Gasteiger partial charge in [0.25, 0.3) is 0 Å². The number of nitrogens with zero attached hydrogens (tertiary/aromatic N) is 4. The van der Waals surface area contributed by atoms with Crippen LogP contribution >= 0.6 is 24.0 Å². The Labute approximate surface area is 206 Å². The van der Waals surface area contributed by atoms with Crippen LogP contribution in [-0.2, 0) is 17.8 Å². The second-order valence-corrected chi connectivity index (χ2v) is 8.29. The lowest BCUT2D eigenvalue weighted by atomic mass is 10.1. The summed E-state index contributed by atoms with van der Waals surface area (Å²) in [6.07, 6.45) is 2.57.